The molecule has 0 aromatic heterocycles. The Labute approximate surface area is 84.4 Å². The summed E-state index contributed by atoms with van der Waals surface area (Å²) in [6.45, 7) is 7.11. The first-order chi connectivity index (χ1) is 6.88. The molecule has 2 saturated heterocycles. The Morgan fingerprint density at radius 1 is 0.786 bits per heavy atom. The normalized spacial score (nSPS) is 23.7. The zero-order valence-corrected chi connectivity index (χ0v) is 8.46. The molecular weight excluding hydrogens is 180 g/mol. The van der Waals surface area contributed by atoms with E-state index in [1.807, 2.05) is 9.80 Å². The minimum absolute atomic E-state index is 0.216. The van der Waals surface area contributed by atoms with Crippen LogP contribution in [0.4, 0.5) is 4.79 Å². The van der Waals surface area contributed by atoms with E-state index in [2.05, 4.69) is 10.6 Å². The molecule has 14 heavy (non-hydrogen) atoms. The van der Waals surface area contributed by atoms with Crippen LogP contribution in [0.2, 0.25) is 0 Å². The first kappa shape index (κ1) is 9.73. The van der Waals surface area contributed by atoms with Crippen molar-refractivity contribution in [3.05, 3.63) is 0 Å². The van der Waals surface area contributed by atoms with E-state index >= 15 is 0 Å². The third kappa shape index (κ3) is 2.16. The maximum atomic E-state index is 11.9. The average molecular weight is 198 g/mol. The maximum absolute atomic E-state index is 11.9. The van der Waals surface area contributed by atoms with Crippen LogP contribution in [0, 0.1) is 0 Å². The molecule has 2 aliphatic heterocycles. The van der Waals surface area contributed by atoms with Gasteiger partial charge in [0.25, 0.3) is 0 Å². The molecule has 5 heteroatoms. The first-order valence-electron chi connectivity index (χ1n) is 5.33. The van der Waals surface area contributed by atoms with Crippen molar-refractivity contribution in [2.45, 2.75) is 0 Å². The number of piperazine rings is 2. The molecule has 2 aliphatic rings. The van der Waals surface area contributed by atoms with Crippen LogP contribution in [-0.4, -0.2) is 68.2 Å². The highest BCUT2D eigenvalue weighted by Gasteiger charge is 2.23. The molecule has 0 radical (unpaired) electrons. The summed E-state index contributed by atoms with van der Waals surface area (Å²) in [6.07, 6.45) is 0. The predicted molar refractivity (Wildman–Crippen MR) is 54.3 cm³/mol. The van der Waals surface area contributed by atoms with Crippen molar-refractivity contribution in [2.24, 2.45) is 0 Å². The summed E-state index contributed by atoms with van der Waals surface area (Å²) in [5.41, 5.74) is 0. The minimum atomic E-state index is 0.216. The van der Waals surface area contributed by atoms with Crippen LogP contribution in [-0.2, 0) is 0 Å². The van der Waals surface area contributed by atoms with E-state index < -0.39 is 0 Å². The van der Waals surface area contributed by atoms with Gasteiger partial charge in [-0.05, 0) is 0 Å². The van der Waals surface area contributed by atoms with Crippen LogP contribution in [0.5, 0.6) is 0 Å². The molecule has 80 valence electrons. The highest BCUT2D eigenvalue weighted by molar-refractivity contribution is 5.74. The Morgan fingerprint density at radius 2 is 1.14 bits per heavy atom. The number of nitrogens with zero attached hydrogens (tertiary/aromatic N) is 2. The smallest absolute Gasteiger partial charge is 0.320 e. The van der Waals surface area contributed by atoms with Gasteiger partial charge in [0.1, 0.15) is 0 Å². The number of amides is 2. The lowest BCUT2D eigenvalue weighted by molar-refractivity contribution is 0.141. The van der Waals surface area contributed by atoms with Gasteiger partial charge in [-0.2, -0.15) is 0 Å². The Kier molecular flexibility index (Phi) is 3.21. The van der Waals surface area contributed by atoms with Gasteiger partial charge in [0, 0.05) is 52.4 Å². The summed E-state index contributed by atoms with van der Waals surface area (Å²) in [4.78, 5) is 15.8. The van der Waals surface area contributed by atoms with Crippen molar-refractivity contribution < 1.29 is 4.79 Å². The number of urea groups is 1. The number of hydrogen-bond donors (Lipinski definition) is 2. The zero-order valence-electron chi connectivity index (χ0n) is 8.46. The molecule has 0 spiro atoms. The van der Waals surface area contributed by atoms with Gasteiger partial charge in [-0.15, -0.1) is 0 Å². The molecule has 0 aromatic carbocycles. The standard InChI is InChI=1S/C9H18N4O/c14-9(12-5-1-10-2-6-12)13-7-3-11-4-8-13/h10-11H,1-8H2. The quantitative estimate of drug-likeness (QED) is 0.520. The van der Waals surface area contributed by atoms with Crippen molar-refractivity contribution in [1.29, 1.82) is 0 Å². The van der Waals surface area contributed by atoms with Crippen LogP contribution in [0.1, 0.15) is 0 Å². The molecule has 2 N–H and O–H groups in total. The van der Waals surface area contributed by atoms with E-state index in [4.69, 9.17) is 0 Å². The third-order valence-corrected chi connectivity index (χ3v) is 2.78. The number of rotatable bonds is 0. The molecule has 2 heterocycles. The summed E-state index contributed by atoms with van der Waals surface area (Å²) in [6, 6.07) is 0.216. The summed E-state index contributed by atoms with van der Waals surface area (Å²) >= 11 is 0. The molecular formula is C9H18N4O. The van der Waals surface area contributed by atoms with Gasteiger partial charge in [0.2, 0.25) is 0 Å². The molecule has 0 saturated carbocycles. The molecule has 2 fully saturated rings. The zero-order chi connectivity index (χ0) is 9.80. The van der Waals surface area contributed by atoms with Crippen molar-refractivity contribution >= 4 is 6.03 Å². The van der Waals surface area contributed by atoms with Crippen LogP contribution < -0.4 is 10.6 Å². The van der Waals surface area contributed by atoms with Crippen molar-refractivity contribution in [1.82, 2.24) is 20.4 Å². The molecule has 2 amide bonds. The number of carbonyl (C=O) groups is 1. The molecule has 0 aliphatic carbocycles. The predicted octanol–water partition coefficient (Wildman–Crippen LogP) is -1.08. The lowest BCUT2D eigenvalue weighted by Crippen LogP contribution is -2.55. The van der Waals surface area contributed by atoms with E-state index in [1.54, 1.807) is 0 Å². The number of hydrogen-bond acceptors (Lipinski definition) is 3. The fraction of sp³-hybridized carbons (Fsp3) is 0.889. The molecule has 5 nitrogen and oxygen atoms in total. The monoisotopic (exact) mass is 198 g/mol. The number of carbonyl (C=O) groups excluding carboxylic acids is 1. The minimum Gasteiger partial charge on any atom is -0.322 e. The SMILES string of the molecule is O=C(N1CCNCC1)N1CCNCC1. The van der Waals surface area contributed by atoms with Gasteiger partial charge >= 0.3 is 6.03 Å². The molecule has 0 unspecified atom stereocenters. The Hall–Kier alpha value is -0.810. The van der Waals surface area contributed by atoms with Gasteiger partial charge in [-0.3, -0.25) is 0 Å². The van der Waals surface area contributed by atoms with E-state index in [0.717, 1.165) is 52.4 Å². The van der Waals surface area contributed by atoms with E-state index in [9.17, 15) is 4.79 Å². The fourth-order valence-corrected chi connectivity index (χ4v) is 1.91. The van der Waals surface area contributed by atoms with Gasteiger partial charge < -0.3 is 20.4 Å². The van der Waals surface area contributed by atoms with Gasteiger partial charge in [0.15, 0.2) is 0 Å². The Bertz CT molecular complexity index is 177. The highest BCUT2D eigenvalue weighted by atomic mass is 16.2. The van der Waals surface area contributed by atoms with Crippen LogP contribution in [0.15, 0.2) is 0 Å². The van der Waals surface area contributed by atoms with Crippen molar-refractivity contribution in [2.75, 3.05) is 52.4 Å². The topological polar surface area (TPSA) is 47.6 Å². The number of nitrogens with one attached hydrogen (secondary N) is 2. The van der Waals surface area contributed by atoms with Gasteiger partial charge in [-0.25, -0.2) is 4.79 Å². The first-order valence-corrected chi connectivity index (χ1v) is 5.33. The highest BCUT2D eigenvalue weighted by Crippen LogP contribution is 2.02. The average Bonchev–Trinajstić information content (AvgIpc) is 2.30. The van der Waals surface area contributed by atoms with Crippen molar-refractivity contribution in [3.8, 4) is 0 Å². The third-order valence-electron chi connectivity index (χ3n) is 2.78. The summed E-state index contributed by atoms with van der Waals surface area (Å²) in [5, 5.41) is 6.50. The molecule has 2 rings (SSSR count). The largest absolute Gasteiger partial charge is 0.322 e. The van der Waals surface area contributed by atoms with Crippen LogP contribution in [0.3, 0.4) is 0 Å². The maximum Gasteiger partial charge on any atom is 0.320 e. The summed E-state index contributed by atoms with van der Waals surface area (Å²) in [7, 11) is 0. The second kappa shape index (κ2) is 4.61. The Morgan fingerprint density at radius 3 is 1.50 bits per heavy atom. The van der Waals surface area contributed by atoms with Gasteiger partial charge in [0.05, 0.1) is 0 Å². The Balaban J connectivity index is 1.85. The molecule has 0 aromatic rings. The van der Waals surface area contributed by atoms with Crippen LogP contribution in [0.25, 0.3) is 0 Å². The van der Waals surface area contributed by atoms with Crippen LogP contribution >= 0.6 is 0 Å². The van der Waals surface area contributed by atoms with E-state index in [-0.39, 0.29) is 6.03 Å². The molecule has 0 atom stereocenters. The second-order valence-corrected chi connectivity index (χ2v) is 3.76. The lowest BCUT2D eigenvalue weighted by atomic mass is 10.3. The summed E-state index contributed by atoms with van der Waals surface area (Å²) in [5.74, 6) is 0. The van der Waals surface area contributed by atoms with E-state index in [1.165, 1.54) is 0 Å². The molecule has 0 bridgehead atoms. The lowest BCUT2D eigenvalue weighted by Gasteiger charge is -2.35. The van der Waals surface area contributed by atoms with Crippen molar-refractivity contribution in [3.63, 3.8) is 0 Å². The second-order valence-electron chi connectivity index (χ2n) is 3.76. The fourth-order valence-electron chi connectivity index (χ4n) is 1.91. The van der Waals surface area contributed by atoms with E-state index in [0.29, 0.717) is 0 Å². The summed E-state index contributed by atoms with van der Waals surface area (Å²) < 4.78 is 0. The van der Waals surface area contributed by atoms with Gasteiger partial charge in [-0.1, -0.05) is 0 Å².